The molecule has 2 aromatic carbocycles. The minimum Gasteiger partial charge on any atom is -0.467 e. The van der Waals surface area contributed by atoms with Crippen LogP contribution >= 0.6 is 11.8 Å². The number of amides is 2. The van der Waals surface area contributed by atoms with Crippen molar-refractivity contribution in [3.05, 3.63) is 105 Å². The third-order valence-electron chi connectivity index (χ3n) is 5.34. The molecule has 1 atom stereocenters. The first-order valence-electron chi connectivity index (χ1n) is 10.6. The van der Waals surface area contributed by atoms with Crippen LogP contribution in [-0.2, 0) is 22.6 Å². The lowest BCUT2D eigenvalue weighted by atomic mass is 10.1. The van der Waals surface area contributed by atoms with Crippen LogP contribution in [0.4, 0.5) is 11.4 Å². The SMILES string of the molecule is Cc1ccc(N2C(=O)[C@@H](Cc3cccc([N+](=O)[O-])c3)S/C2=C(/C#N)C(=O)NCc2ccco2)cc1. The smallest absolute Gasteiger partial charge is 0.269 e. The third kappa shape index (κ3) is 5.26. The van der Waals surface area contributed by atoms with E-state index in [4.69, 9.17) is 4.42 Å². The number of hydrogen-bond acceptors (Lipinski definition) is 7. The minimum absolute atomic E-state index is 0.0703. The molecule has 35 heavy (non-hydrogen) atoms. The molecule has 1 aromatic heterocycles. The van der Waals surface area contributed by atoms with E-state index in [9.17, 15) is 25.0 Å². The van der Waals surface area contributed by atoms with Crippen LogP contribution in [0.1, 0.15) is 16.9 Å². The van der Waals surface area contributed by atoms with Gasteiger partial charge < -0.3 is 9.73 Å². The average molecular weight is 489 g/mol. The monoisotopic (exact) mass is 488 g/mol. The number of rotatable bonds is 7. The van der Waals surface area contributed by atoms with Gasteiger partial charge in [0.2, 0.25) is 5.91 Å². The quantitative estimate of drug-likeness (QED) is 0.228. The zero-order valence-electron chi connectivity index (χ0n) is 18.6. The molecule has 4 rings (SSSR count). The molecule has 0 spiro atoms. The van der Waals surface area contributed by atoms with E-state index >= 15 is 0 Å². The molecule has 2 amide bonds. The Morgan fingerprint density at radius 3 is 2.66 bits per heavy atom. The second-order valence-corrected chi connectivity index (χ2v) is 8.99. The molecule has 1 saturated heterocycles. The maximum Gasteiger partial charge on any atom is 0.269 e. The molecule has 0 saturated carbocycles. The summed E-state index contributed by atoms with van der Waals surface area (Å²) in [4.78, 5) is 38.4. The van der Waals surface area contributed by atoms with Crippen LogP contribution in [0.5, 0.6) is 0 Å². The van der Waals surface area contributed by atoms with Crippen LogP contribution in [0.3, 0.4) is 0 Å². The summed E-state index contributed by atoms with van der Waals surface area (Å²) in [5.74, 6) is -0.422. The molecule has 2 heterocycles. The normalized spacial score (nSPS) is 16.6. The average Bonchev–Trinajstić information content (AvgIpc) is 3.48. The Hall–Kier alpha value is -4.36. The van der Waals surface area contributed by atoms with Crippen molar-refractivity contribution < 1.29 is 18.9 Å². The Balaban J connectivity index is 1.68. The molecule has 3 aromatic rings. The number of nitriles is 1. The lowest BCUT2D eigenvalue weighted by Crippen LogP contribution is -2.32. The van der Waals surface area contributed by atoms with Gasteiger partial charge in [-0.25, -0.2) is 0 Å². The van der Waals surface area contributed by atoms with Crippen LogP contribution in [0.25, 0.3) is 0 Å². The van der Waals surface area contributed by atoms with Gasteiger partial charge in [0.05, 0.1) is 23.0 Å². The molecular formula is C25H20N4O5S. The molecule has 0 unspecified atom stereocenters. The third-order valence-corrected chi connectivity index (χ3v) is 6.61. The fraction of sp³-hybridized carbons (Fsp3) is 0.160. The Kier molecular flexibility index (Phi) is 6.98. The van der Waals surface area contributed by atoms with Crippen molar-refractivity contribution in [1.29, 1.82) is 5.26 Å². The van der Waals surface area contributed by atoms with Crippen molar-refractivity contribution in [3.8, 4) is 6.07 Å². The van der Waals surface area contributed by atoms with E-state index < -0.39 is 16.1 Å². The fourth-order valence-electron chi connectivity index (χ4n) is 3.60. The van der Waals surface area contributed by atoms with Gasteiger partial charge >= 0.3 is 0 Å². The van der Waals surface area contributed by atoms with Gasteiger partial charge in [0, 0.05) is 17.8 Å². The Morgan fingerprint density at radius 1 is 1.23 bits per heavy atom. The summed E-state index contributed by atoms with van der Waals surface area (Å²) in [7, 11) is 0. The summed E-state index contributed by atoms with van der Waals surface area (Å²) in [5.41, 5.74) is 1.85. The van der Waals surface area contributed by atoms with Gasteiger partial charge in [0.15, 0.2) is 0 Å². The van der Waals surface area contributed by atoms with E-state index in [1.165, 1.54) is 23.3 Å². The minimum atomic E-state index is -0.672. The van der Waals surface area contributed by atoms with Gasteiger partial charge in [0.25, 0.3) is 11.6 Å². The molecule has 0 radical (unpaired) electrons. The van der Waals surface area contributed by atoms with Crippen molar-refractivity contribution in [1.82, 2.24) is 5.32 Å². The first-order valence-corrected chi connectivity index (χ1v) is 11.5. The highest BCUT2D eigenvalue weighted by Gasteiger charge is 2.41. The van der Waals surface area contributed by atoms with Gasteiger partial charge in [-0.1, -0.05) is 41.6 Å². The number of nitro groups is 1. The number of hydrogen-bond donors (Lipinski definition) is 1. The number of aryl methyl sites for hydroxylation is 1. The summed E-state index contributed by atoms with van der Waals surface area (Å²) in [6, 6.07) is 18.6. The zero-order chi connectivity index (χ0) is 24.9. The standard InChI is InChI=1S/C25H20N4O5S/c1-16-7-9-18(10-8-16)28-24(31)22(13-17-4-2-5-19(12-17)29(32)33)35-25(28)21(14-26)23(30)27-15-20-6-3-11-34-20/h2-12,22H,13,15H2,1H3,(H,27,30)/b25-21-/t22-/m1/s1. The van der Waals surface area contributed by atoms with Crippen LogP contribution < -0.4 is 10.2 Å². The number of carbonyl (C=O) groups is 2. The largest absolute Gasteiger partial charge is 0.467 e. The molecule has 0 bridgehead atoms. The van der Waals surface area contributed by atoms with E-state index in [-0.39, 0.29) is 35.2 Å². The van der Waals surface area contributed by atoms with Crippen molar-refractivity contribution >= 4 is 35.0 Å². The van der Waals surface area contributed by atoms with Gasteiger partial charge in [-0.3, -0.25) is 24.6 Å². The van der Waals surface area contributed by atoms with E-state index in [0.717, 1.165) is 17.3 Å². The molecule has 1 N–H and O–H groups in total. The highest BCUT2D eigenvalue weighted by Crippen LogP contribution is 2.42. The molecule has 176 valence electrons. The van der Waals surface area contributed by atoms with Gasteiger partial charge in [-0.2, -0.15) is 5.26 Å². The van der Waals surface area contributed by atoms with E-state index in [0.29, 0.717) is 17.0 Å². The number of nitrogens with one attached hydrogen (secondary N) is 1. The number of anilines is 1. The summed E-state index contributed by atoms with van der Waals surface area (Å²) >= 11 is 1.10. The lowest BCUT2D eigenvalue weighted by Gasteiger charge is -2.19. The van der Waals surface area contributed by atoms with Crippen molar-refractivity contribution in [2.75, 3.05) is 4.90 Å². The predicted octanol–water partition coefficient (Wildman–Crippen LogP) is 4.24. The highest BCUT2D eigenvalue weighted by molar-refractivity contribution is 8.05. The molecule has 1 aliphatic rings. The van der Waals surface area contributed by atoms with Crippen LogP contribution in [0.2, 0.25) is 0 Å². The Labute approximate surface area is 205 Å². The molecule has 9 nitrogen and oxygen atoms in total. The summed E-state index contributed by atoms with van der Waals surface area (Å²) in [6.45, 7) is 2.00. The maximum atomic E-state index is 13.5. The molecular weight excluding hydrogens is 468 g/mol. The zero-order valence-corrected chi connectivity index (χ0v) is 19.5. The summed E-state index contributed by atoms with van der Waals surface area (Å²) in [5, 5.41) is 23.2. The summed E-state index contributed by atoms with van der Waals surface area (Å²) in [6.07, 6.45) is 1.68. The fourth-order valence-corrected chi connectivity index (χ4v) is 4.90. The number of nitro benzene ring substituents is 1. The second-order valence-electron chi connectivity index (χ2n) is 7.80. The maximum absolute atomic E-state index is 13.5. The molecule has 1 aliphatic heterocycles. The van der Waals surface area contributed by atoms with Crippen molar-refractivity contribution in [2.45, 2.75) is 25.1 Å². The van der Waals surface area contributed by atoms with Crippen LogP contribution in [0, 0.1) is 28.4 Å². The number of benzene rings is 2. The number of non-ortho nitro benzene ring substituents is 1. The lowest BCUT2D eigenvalue weighted by molar-refractivity contribution is -0.384. The van der Waals surface area contributed by atoms with E-state index in [2.05, 4.69) is 5.32 Å². The Morgan fingerprint density at radius 2 is 2.00 bits per heavy atom. The first kappa shape index (κ1) is 23.8. The number of furan rings is 1. The number of carbonyl (C=O) groups excluding carboxylic acids is 2. The molecule has 1 fully saturated rings. The van der Waals surface area contributed by atoms with Crippen molar-refractivity contribution in [3.63, 3.8) is 0 Å². The molecule has 0 aliphatic carbocycles. The van der Waals surface area contributed by atoms with E-state index in [1.54, 1.807) is 36.4 Å². The summed E-state index contributed by atoms with van der Waals surface area (Å²) < 4.78 is 5.22. The van der Waals surface area contributed by atoms with Crippen LogP contribution in [-0.4, -0.2) is 22.0 Å². The predicted molar refractivity (Wildman–Crippen MR) is 130 cm³/mol. The van der Waals surface area contributed by atoms with Gasteiger partial charge in [0.1, 0.15) is 22.4 Å². The number of nitrogens with zero attached hydrogens (tertiary/aromatic N) is 3. The van der Waals surface area contributed by atoms with Gasteiger partial charge in [-0.05, 0) is 43.2 Å². The first-order chi connectivity index (χ1) is 16.9. The topological polar surface area (TPSA) is 129 Å². The Bertz CT molecular complexity index is 1340. The van der Waals surface area contributed by atoms with Gasteiger partial charge in [-0.15, -0.1) is 0 Å². The van der Waals surface area contributed by atoms with E-state index in [1.807, 2.05) is 25.1 Å². The molecule has 10 heteroatoms. The number of thioether (sulfide) groups is 1. The second kappa shape index (κ2) is 10.3. The van der Waals surface area contributed by atoms with Crippen LogP contribution in [0.15, 0.2) is 81.9 Å². The highest BCUT2D eigenvalue weighted by atomic mass is 32.2. The van der Waals surface area contributed by atoms with Crippen molar-refractivity contribution in [2.24, 2.45) is 0 Å².